The van der Waals surface area contributed by atoms with E-state index in [1.54, 1.807) is 17.8 Å². The normalized spacial score (nSPS) is 15.7. The Balaban J connectivity index is 1.74. The summed E-state index contributed by atoms with van der Waals surface area (Å²) in [5, 5.41) is 17.6. The lowest BCUT2D eigenvalue weighted by Gasteiger charge is -2.24. The topological polar surface area (TPSA) is 87.7 Å². The number of fused-ring (bicyclic) bond motifs is 1. The molecule has 1 atom stereocenters. The van der Waals surface area contributed by atoms with Crippen molar-refractivity contribution in [2.45, 2.75) is 23.5 Å². The van der Waals surface area contributed by atoms with E-state index in [-0.39, 0.29) is 5.88 Å². The highest BCUT2D eigenvalue weighted by Crippen LogP contribution is 2.45. The quantitative estimate of drug-likeness (QED) is 0.600. The number of aromatic amines is 1. The maximum absolute atomic E-state index is 9.73. The molecule has 28 heavy (non-hydrogen) atoms. The smallest absolute Gasteiger partial charge is 0.244 e. The van der Waals surface area contributed by atoms with Crippen molar-refractivity contribution >= 4 is 23.4 Å². The van der Waals surface area contributed by atoms with E-state index in [1.165, 1.54) is 5.56 Å². The van der Waals surface area contributed by atoms with Crippen LogP contribution in [0, 0.1) is 18.3 Å². The van der Waals surface area contributed by atoms with Crippen molar-refractivity contribution < 1.29 is 4.74 Å². The summed E-state index contributed by atoms with van der Waals surface area (Å²) >= 11 is 8.13. The van der Waals surface area contributed by atoms with Gasteiger partial charge in [0.1, 0.15) is 11.6 Å². The molecule has 1 aromatic heterocycles. The lowest BCUT2D eigenvalue weighted by molar-refractivity contribution is 0.379. The van der Waals surface area contributed by atoms with Crippen LogP contribution in [0.25, 0.3) is 0 Å². The van der Waals surface area contributed by atoms with Crippen LogP contribution in [-0.4, -0.2) is 10.2 Å². The third-order valence-corrected chi connectivity index (χ3v) is 6.02. The fraction of sp³-hybridized carbons (Fsp3) is 0.143. The molecule has 1 aliphatic heterocycles. The number of aryl methyl sites for hydroxylation is 1. The molecule has 0 fully saturated rings. The molecule has 0 spiro atoms. The first-order valence-corrected chi connectivity index (χ1v) is 10.0. The summed E-state index contributed by atoms with van der Waals surface area (Å²) in [6.07, 6.45) is 0. The van der Waals surface area contributed by atoms with Crippen LogP contribution in [0.3, 0.4) is 0 Å². The first-order chi connectivity index (χ1) is 13.6. The molecular weight excluding hydrogens is 392 g/mol. The largest absolute Gasteiger partial charge is 0.420 e. The number of aromatic nitrogens is 2. The third kappa shape index (κ3) is 3.35. The van der Waals surface area contributed by atoms with Crippen molar-refractivity contribution in [3.05, 3.63) is 87.4 Å². The molecule has 3 N–H and O–H groups in total. The molecule has 3 aromatic rings. The molecule has 2 heterocycles. The highest BCUT2D eigenvalue weighted by atomic mass is 35.5. The van der Waals surface area contributed by atoms with Gasteiger partial charge in [0.25, 0.3) is 0 Å². The van der Waals surface area contributed by atoms with E-state index in [4.69, 9.17) is 22.1 Å². The summed E-state index contributed by atoms with van der Waals surface area (Å²) < 4.78 is 5.62. The number of H-pyrrole nitrogens is 1. The molecule has 0 amide bonds. The summed E-state index contributed by atoms with van der Waals surface area (Å²) in [5.74, 6) is 0.675. The van der Waals surface area contributed by atoms with Gasteiger partial charge in [-0.25, -0.2) is 0 Å². The fourth-order valence-electron chi connectivity index (χ4n) is 3.23. The number of allylic oxidation sites excluding steroid dienone is 1. The molecule has 0 bridgehead atoms. The summed E-state index contributed by atoms with van der Waals surface area (Å²) in [6, 6.07) is 18.0. The summed E-state index contributed by atoms with van der Waals surface area (Å²) in [4.78, 5) is 1.15. The van der Waals surface area contributed by atoms with E-state index >= 15 is 0 Å². The molecule has 5 nitrogen and oxygen atoms in total. The molecule has 1 aliphatic rings. The van der Waals surface area contributed by atoms with Gasteiger partial charge in [-0.3, -0.25) is 5.10 Å². The van der Waals surface area contributed by atoms with Crippen molar-refractivity contribution in [2.24, 2.45) is 5.73 Å². The maximum Gasteiger partial charge on any atom is 0.244 e. The highest BCUT2D eigenvalue weighted by molar-refractivity contribution is 7.98. The van der Waals surface area contributed by atoms with E-state index in [0.29, 0.717) is 22.2 Å². The van der Waals surface area contributed by atoms with Crippen molar-refractivity contribution in [1.82, 2.24) is 10.2 Å². The Hall–Kier alpha value is -2.88. The number of halogens is 1. The van der Waals surface area contributed by atoms with Gasteiger partial charge < -0.3 is 10.5 Å². The van der Waals surface area contributed by atoms with Crippen LogP contribution >= 0.6 is 23.4 Å². The minimum Gasteiger partial charge on any atom is -0.420 e. The molecule has 0 saturated heterocycles. The molecule has 7 heteroatoms. The Bertz CT molecular complexity index is 1100. The van der Waals surface area contributed by atoms with Crippen LogP contribution in [0.15, 0.2) is 64.9 Å². The highest BCUT2D eigenvalue weighted by Gasteiger charge is 2.36. The predicted octanol–water partition coefficient (Wildman–Crippen LogP) is 4.88. The average Bonchev–Trinajstić information content (AvgIpc) is 3.09. The van der Waals surface area contributed by atoms with E-state index in [0.717, 1.165) is 21.7 Å². The van der Waals surface area contributed by atoms with Crippen molar-refractivity contribution in [1.29, 1.82) is 5.26 Å². The van der Waals surface area contributed by atoms with Gasteiger partial charge in [-0.1, -0.05) is 47.5 Å². The standard InChI is InChI=1S/C21H17ClN4OS/c1-12-6-8-13(9-7-12)28-11-17-19-18(14-4-2-3-5-16(14)22)15(10-23)20(24)27-21(19)26-25-17/h2-9,18H,11,24H2,1H3,(H,25,26)/t18-/m1/s1. The van der Waals surface area contributed by atoms with E-state index in [2.05, 4.69) is 47.5 Å². The number of hydrogen-bond acceptors (Lipinski definition) is 5. The number of nitrogens with zero attached hydrogens (tertiary/aromatic N) is 2. The van der Waals surface area contributed by atoms with Crippen LogP contribution in [0.4, 0.5) is 0 Å². The summed E-state index contributed by atoms with van der Waals surface area (Å²) in [6.45, 7) is 2.06. The van der Waals surface area contributed by atoms with Crippen LogP contribution in [0.1, 0.15) is 28.3 Å². The zero-order valence-corrected chi connectivity index (χ0v) is 16.6. The SMILES string of the molecule is Cc1ccc(SCc2[nH]nc3c2[C@H](c2ccccc2Cl)C(C#N)=C(N)O3)cc1. The predicted molar refractivity (Wildman–Crippen MR) is 110 cm³/mol. The van der Waals surface area contributed by atoms with Gasteiger partial charge in [0.05, 0.1) is 17.2 Å². The molecule has 0 radical (unpaired) electrons. The zero-order valence-electron chi connectivity index (χ0n) is 15.1. The lowest BCUT2D eigenvalue weighted by atomic mass is 9.84. The average molecular weight is 409 g/mol. The molecule has 0 aliphatic carbocycles. The molecule has 4 rings (SSSR count). The first-order valence-electron chi connectivity index (χ1n) is 8.67. The number of nitrogens with two attached hydrogens (primary N) is 1. The van der Waals surface area contributed by atoms with Crippen LogP contribution in [0.2, 0.25) is 5.02 Å². The van der Waals surface area contributed by atoms with Gasteiger partial charge in [-0.05, 0) is 30.7 Å². The summed E-state index contributed by atoms with van der Waals surface area (Å²) in [7, 11) is 0. The monoisotopic (exact) mass is 408 g/mol. The molecule has 0 unspecified atom stereocenters. The molecule has 0 saturated carbocycles. The Morgan fingerprint density at radius 1 is 1.25 bits per heavy atom. The van der Waals surface area contributed by atoms with Crippen molar-refractivity contribution in [3.63, 3.8) is 0 Å². The third-order valence-electron chi connectivity index (χ3n) is 4.64. The second-order valence-electron chi connectivity index (χ2n) is 6.47. The number of nitrogens with one attached hydrogen (secondary N) is 1. The Labute approximate surface area is 172 Å². The first kappa shape index (κ1) is 18.5. The number of thioether (sulfide) groups is 1. The second kappa shape index (κ2) is 7.63. The fourth-order valence-corrected chi connectivity index (χ4v) is 4.33. The van der Waals surface area contributed by atoms with Gasteiger partial charge >= 0.3 is 0 Å². The number of benzene rings is 2. The zero-order chi connectivity index (χ0) is 19.7. The van der Waals surface area contributed by atoms with E-state index in [1.807, 2.05) is 18.2 Å². The molecule has 140 valence electrons. The number of nitriles is 1. The second-order valence-corrected chi connectivity index (χ2v) is 7.92. The van der Waals surface area contributed by atoms with Crippen LogP contribution < -0.4 is 10.5 Å². The number of ether oxygens (including phenoxy) is 1. The Morgan fingerprint density at radius 2 is 2.00 bits per heavy atom. The molecular formula is C21H17ClN4OS. The molecule has 2 aromatic carbocycles. The van der Waals surface area contributed by atoms with Gasteiger partial charge in [0, 0.05) is 15.7 Å². The maximum atomic E-state index is 9.73. The van der Waals surface area contributed by atoms with Gasteiger partial charge in [0.15, 0.2) is 0 Å². The van der Waals surface area contributed by atoms with E-state index < -0.39 is 5.92 Å². The van der Waals surface area contributed by atoms with Crippen LogP contribution in [0.5, 0.6) is 5.88 Å². The van der Waals surface area contributed by atoms with Crippen LogP contribution in [-0.2, 0) is 5.75 Å². The van der Waals surface area contributed by atoms with Crippen molar-refractivity contribution in [3.8, 4) is 11.9 Å². The number of hydrogen-bond donors (Lipinski definition) is 2. The lowest BCUT2D eigenvalue weighted by Crippen LogP contribution is -2.21. The Kier molecular flexibility index (Phi) is 5.03. The summed E-state index contributed by atoms with van der Waals surface area (Å²) in [5.41, 5.74) is 10.0. The minimum atomic E-state index is -0.421. The van der Waals surface area contributed by atoms with E-state index in [9.17, 15) is 5.26 Å². The van der Waals surface area contributed by atoms with Crippen molar-refractivity contribution in [2.75, 3.05) is 0 Å². The van der Waals surface area contributed by atoms with Gasteiger partial charge in [-0.15, -0.1) is 16.9 Å². The Morgan fingerprint density at radius 3 is 2.71 bits per heavy atom. The van der Waals surface area contributed by atoms with Gasteiger partial charge in [0.2, 0.25) is 11.8 Å². The minimum absolute atomic E-state index is 0.0594. The van der Waals surface area contributed by atoms with Gasteiger partial charge in [-0.2, -0.15) is 5.26 Å². The number of rotatable bonds is 4.